The number of nitrogens with two attached hydrogens (primary N) is 2. The summed E-state index contributed by atoms with van der Waals surface area (Å²) in [5.74, 6) is -0.0152. The van der Waals surface area contributed by atoms with E-state index >= 15 is 0 Å². The molecule has 0 heterocycles. The summed E-state index contributed by atoms with van der Waals surface area (Å²) in [4.78, 5) is 12.1. The van der Waals surface area contributed by atoms with E-state index in [1.165, 1.54) is 0 Å². The molecule has 1 aliphatic rings. The fourth-order valence-corrected chi connectivity index (χ4v) is 2.35. The van der Waals surface area contributed by atoms with E-state index < -0.39 is 0 Å². The van der Waals surface area contributed by atoms with Crippen LogP contribution in [0.1, 0.15) is 41.6 Å². The van der Waals surface area contributed by atoms with Crippen LogP contribution in [0.5, 0.6) is 0 Å². The van der Waals surface area contributed by atoms with Crippen LogP contribution >= 0.6 is 0 Å². The lowest BCUT2D eigenvalue weighted by atomic mass is 9.91. The minimum absolute atomic E-state index is 0.0152. The van der Waals surface area contributed by atoms with Gasteiger partial charge in [-0.1, -0.05) is 0 Å². The van der Waals surface area contributed by atoms with E-state index in [1.54, 1.807) is 12.1 Å². The Morgan fingerprint density at radius 1 is 1.28 bits per heavy atom. The Hall–Kier alpha value is -1.55. The summed E-state index contributed by atoms with van der Waals surface area (Å²) in [5.41, 5.74) is 13.9. The maximum Gasteiger partial charge on any atom is 0.251 e. The Labute approximate surface area is 108 Å². The minimum Gasteiger partial charge on any atom is -0.399 e. The number of rotatable bonds is 2. The highest BCUT2D eigenvalue weighted by Gasteiger charge is 2.20. The quantitative estimate of drug-likeness (QED) is 0.694. The number of anilines is 1. The molecule has 4 heteroatoms. The van der Waals surface area contributed by atoms with E-state index in [2.05, 4.69) is 5.32 Å². The summed E-state index contributed by atoms with van der Waals surface area (Å²) in [5, 5.41) is 3.07. The fourth-order valence-electron chi connectivity index (χ4n) is 2.35. The van der Waals surface area contributed by atoms with E-state index in [0.717, 1.165) is 36.9 Å². The SMILES string of the molecule is Cc1cc(C(=O)NC2CCC(N)CC2)ccc1N. The van der Waals surface area contributed by atoms with E-state index in [9.17, 15) is 4.79 Å². The predicted molar refractivity (Wildman–Crippen MR) is 73.3 cm³/mol. The zero-order valence-electron chi connectivity index (χ0n) is 10.8. The van der Waals surface area contributed by atoms with Gasteiger partial charge >= 0.3 is 0 Å². The Morgan fingerprint density at radius 3 is 2.56 bits per heavy atom. The fraction of sp³-hybridized carbons (Fsp3) is 0.500. The highest BCUT2D eigenvalue weighted by Crippen LogP contribution is 2.18. The first-order valence-corrected chi connectivity index (χ1v) is 6.49. The molecule has 0 spiro atoms. The second kappa shape index (κ2) is 5.40. The van der Waals surface area contributed by atoms with Gasteiger partial charge in [0.1, 0.15) is 0 Å². The molecular formula is C14H21N3O. The van der Waals surface area contributed by atoms with Gasteiger partial charge < -0.3 is 16.8 Å². The number of nitrogen functional groups attached to an aromatic ring is 1. The molecular weight excluding hydrogens is 226 g/mol. The molecule has 1 aliphatic carbocycles. The molecule has 18 heavy (non-hydrogen) atoms. The first kappa shape index (κ1) is 12.9. The van der Waals surface area contributed by atoms with E-state index in [4.69, 9.17) is 11.5 Å². The minimum atomic E-state index is -0.0152. The molecule has 0 atom stereocenters. The average molecular weight is 247 g/mol. The van der Waals surface area contributed by atoms with Crippen molar-refractivity contribution in [1.82, 2.24) is 5.32 Å². The molecule has 0 unspecified atom stereocenters. The van der Waals surface area contributed by atoms with Crippen LogP contribution in [0.3, 0.4) is 0 Å². The molecule has 1 aromatic carbocycles. The van der Waals surface area contributed by atoms with E-state index in [1.807, 2.05) is 13.0 Å². The second-order valence-electron chi connectivity index (χ2n) is 5.16. The lowest BCUT2D eigenvalue weighted by Crippen LogP contribution is -2.40. The van der Waals surface area contributed by atoms with Crippen molar-refractivity contribution in [3.63, 3.8) is 0 Å². The molecule has 0 aliphatic heterocycles. The van der Waals surface area contributed by atoms with Crippen LogP contribution in [0.2, 0.25) is 0 Å². The molecule has 1 saturated carbocycles. The van der Waals surface area contributed by atoms with Gasteiger partial charge in [0.2, 0.25) is 0 Å². The molecule has 4 nitrogen and oxygen atoms in total. The normalized spacial score (nSPS) is 23.7. The lowest BCUT2D eigenvalue weighted by Gasteiger charge is -2.26. The number of hydrogen-bond donors (Lipinski definition) is 3. The number of amides is 1. The highest BCUT2D eigenvalue weighted by atomic mass is 16.1. The van der Waals surface area contributed by atoms with Gasteiger partial charge in [0.25, 0.3) is 5.91 Å². The Kier molecular flexibility index (Phi) is 3.87. The zero-order valence-corrected chi connectivity index (χ0v) is 10.8. The van der Waals surface area contributed by atoms with Crippen molar-refractivity contribution in [1.29, 1.82) is 0 Å². The van der Waals surface area contributed by atoms with Gasteiger partial charge in [-0.3, -0.25) is 4.79 Å². The van der Waals surface area contributed by atoms with Crippen LogP contribution in [-0.2, 0) is 0 Å². The standard InChI is InChI=1S/C14H21N3O/c1-9-8-10(2-7-13(9)16)14(18)17-12-5-3-11(15)4-6-12/h2,7-8,11-12H,3-6,15-16H2,1H3,(H,17,18). The lowest BCUT2D eigenvalue weighted by molar-refractivity contribution is 0.0926. The van der Waals surface area contributed by atoms with Crippen LogP contribution < -0.4 is 16.8 Å². The Balaban J connectivity index is 1.97. The van der Waals surface area contributed by atoms with Crippen molar-refractivity contribution in [2.24, 2.45) is 5.73 Å². The van der Waals surface area contributed by atoms with Crippen LogP contribution in [0, 0.1) is 6.92 Å². The average Bonchev–Trinajstić information content (AvgIpc) is 2.35. The zero-order chi connectivity index (χ0) is 13.1. The van der Waals surface area contributed by atoms with Gasteiger partial charge in [-0.25, -0.2) is 0 Å². The molecule has 98 valence electrons. The van der Waals surface area contributed by atoms with Gasteiger partial charge in [0.05, 0.1) is 0 Å². The molecule has 1 fully saturated rings. The van der Waals surface area contributed by atoms with Gasteiger partial charge in [-0.15, -0.1) is 0 Å². The van der Waals surface area contributed by atoms with E-state index in [0.29, 0.717) is 11.6 Å². The number of aryl methyl sites for hydroxylation is 1. The Bertz CT molecular complexity index is 437. The molecule has 2 rings (SSSR count). The van der Waals surface area contributed by atoms with Crippen LogP contribution in [0.15, 0.2) is 18.2 Å². The van der Waals surface area contributed by atoms with Gasteiger partial charge in [0.15, 0.2) is 0 Å². The van der Waals surface area contributed by atoms with Gasteiger partial charge in [-0.05, 0) is 56.4 Å². The first-order chi connectivity index (χ1) is 8.56. The predicted octanol–water partition coefficient (Wildman–Crippen LogP) is 1.58. The van der Waals surface area contributed by atoms with Crippen molar-refractivity contribution in [3.05, 3.63) is 29.3 Å². The molecule has 0 bridgehead atoms. The maximum absolute atomic E-state index is 12.1. The molecule has 0 aromatic heterocycles. The molecule has 0 radical (unpaired) electrons. The largest absolute Gasteiger partial charge is 0.399 e. The van der Waals surface area contributed by atoms with Crippen LogP contribution in [0.25, 0.3) is 0 Å². The summed E-state index contributed by atoms with van der Waals surface area (Å²) in [7, 11) is 0. The monoisotopic (exact) mass is 247 g/mol. The number of nitrogens with one attached hydrogen (secondary N) is 1. The van der Waals surface area contributed by atoms with Gasteiger partial charge in [-0.2, -0.15) is 0 Å². The van der Waals surface area contributed by atoms with Crippen LogP contribution in [0.4, 0.5) is 5.69 Å². The maximum atomic E-state index is 12.1. The topological polar surface area (TPSA) is 81.1 Å². The highest BCUT2D eigenvalue weighted by molar-refractivity contribution is 5.95. The molecule has 0 saturated heterocycles. The third kappa shape index (κ3) is 3.01. The summed E-state index contributed by atoms with van der Waals surface area (Å²) >= 11 is 0. The third-order valence-electron chi connectivity index (χ3n) is 3.64. The molecule has 5 N–H and O–H groups in total. The van der Waals surface area contributed by atoms with Crippen molar-refractivity contribution < 1.29 is 4.79 Å². The number of benzene rings is 1. The van der Waals surface area contributed by atoms with Crippen molar-refractivity contribution >= 4 is 11.6 Å². The van der Waals surface area contributed by atoms with Gasteiger partial charge in [0, 0.05) is 23.3 Å². The van der Waals surface area contributed by atoms with Crippen molar-refractivity contribution in [3.8, 4) is 0 Å². The molecule has 1 aromatic rings. The summed E-state index contributed by atoms with van der Waals surface area (Å²) in [6.45, 7) is 1.91. The summed E-state index contributed by atoms with van der Waals surface area (Å²) in [6, 6.07) is 5.94. The third-order valence-corrected chi connectivity index (χ3v) is 3.64. The Morgan fingerprint density at radius 2 is 1.94 bits per heavy atom. The van der Waals surface area contributed by atoms with Crippen LogP contribution in [-0.4, -0.2) is 18.0 Å². The number of carbonyl (C=O) groups excluding carboxylic acids is 1. The van der Waals surface area contributed by atoms with Crippen molar-refractivity contribution in [2.75, 3.05) is 5.73 Å². The number of hydrogen-bond acceptors (Lipinski definition) is 3. The van der Waals surface area contributed by atoms with Crippen molar-refractivity contribution in [2.45, 2.75) is 44.7 Å². The number of carbonyl (C=O) groups is 1. The first-order valence-electron chi connectivity index (χ1n) is 6.49. The van der Waals surface area contributed by atoms with E-state index in [-0.39, 0.29) is 11.9 Å². The second-order valence-corrected chi connectivity index (χ2v) is 5.16. The summed E-state index contributed by atoms with van der Waals surface area (Å²) in [6.07, 6.45) is 3.93. The smallest absolute Gasteiger partial charge is 0.251 e. The summed E-state index contributed by atoms with van der Waals surface area (Å²) < 4.78 is 0. The molecule has 1 amide bonds.